The number of hydrogen-bond acceptors (Lipinski definition) is 4. The van der Waals surface area contributed by atoms with Crippen molar-refractivity contribution in [2.75, 3.05) is 24.6 Å². The lowest BCUT2D eigenvalue weighted by Crippen LogP contribution is -2.24. The third kappa shape index (κ3) is 4.13. The van der Waals surface area contributed by atoms with Crippen LogP contribution in [-0.4, -0.2) is 24.4 Å². The van der Waals surface area contributed by atoms with E-state index < -0.39 is 0 Å². The van der Waals surface area contributed by atoms with E-state index in [1.54, 1.807) is 18.4 Å². The Morgan fingerprint density at radius 1 is 1.30 bits per heavy atom. The molecular formula is C15H19N3O2. The van der Waals surface area contributed by atoms with E-state index in [0.29, 0.717) is 30.9 Å². The van der Waals surface area contributed by atoms with Crippen molar-refractivity contribution in [2.45, 2.75) is 13.0 Å². The average Bonchev–Trinajstić information content (AvgIpc) is 2.92. The molecule has 0 bridgehead atoms. The van der Waals surface area contributed by atoms with Crippen molar-refractivity contribution in [1.82, 2.24) is 4.90 Å². The van der Waals surface area contributed by atoms with Gasteiger partial charge in [0.2, 0.25) is 5.91 Å². The highest BCUT2D eigenvalue weighted by molar-refractivity contribution is 5.93. The molecule has 0 fully saturated rings. The molecule has 0 radical (unpaired) electrons. The predicted octanol–water partition coefficient (Wildman–Crippen LogP) is 2.32. The number of para-hydroxylation sites is 2. The van der Waals surface area contributed by atoms with E-state index in [1.807, 2.05) is 36.2 Å². The number of nitrogen functional groups attached to an aromatic ring is 1. The fourth-order valence-corrected chi connectivity index (χ4v) is 1.86. The highest BCUT2D eigenvalue weighted by Gasteiger charge is 2.08. The molecule has 0 aliphatic rings. The number of amides is 1. The molecular weight excluding hydrogens is 254 g/mol. The van der Waals surface area contributed by atoms with Gasteiger partial charge < -0.3 is 15.5 Å². The smallest absolute Gasteiger partial charge is 0.225 e. The lowest BCUT2D eigenvalue weighted by Gasteiger charge is -2.15. The molecule has 20 heavy (non-hydrogen) atoms. The Balaban J connectivity index is 1.76. The van der Waals surface area contributed by atoms with E-state index >= 15 is 0 Å². The second-order valence-electron chi connectivity index (χ2n) is 4.70. The van der Waals surface area contributed by atoms with Gasteiger partial charge in [0.15, 0.2) is 0 Å². The Kier molecular flexibility index (Phi) is 4.79. The summed E-state index contributed by atoms with van der Waals surface area (Å²) in [5.41, 5.74) is 7.01. The molecule has 0 aliphatic heterocycles. The van der Waals surface area contributed by atoms with Crippen LogP contribution in [0.15, 0.2) is 47.1 Å². The molecule has 5 nitrogen and oxygen atoms in total. The molecule has 5 heteroatoms. The molecule has 0 spiro atoms. The SMILES string of the molecule is CN(CCC(=O)Nc1ccccc1N)Cc1ccco1. The van der Waals surface area contributed by atoms with Gasteiger partial charge in [-0.15, -0.1) is 0 Å². The summed E-state index contributed by atoms with van der Waals surface area (Å²) in [6.07, 6.45) is 2.06. The molecule has 0 unspecified atom stereocenters. The van der Waals surface area contributed by atoms with Gasteiger partial charge in [-0.1, -0.05) is 12.1 Å². The van der Waals surface area contributed by atoms with E-state index in [9.17, 15) is 4.79 Å². The number of hydrogen-bond donors (Lipinski definition) is 2. The van der Waals surface area contributed by atoms with Gasteiger partial charge >= 0.3 is 0 Å². The molecule has 0 aliphatic carbocycles. The maximum atomic E-state index is 11.9. The molecule has 2 rings (SSSR count). The first-order valence-corrected chi connectivity index (χ1v) is 6.50. The highest BCUT2D eigenvalue weighted by Crippen LogP contribution is 2.16. The number of nitrogens with two attached hydrogens (primary N) is 1. The van der Waals surface area contributed by atoms with Crippen LogP contribution in [0.5, 0.6) is 0 Å². The van der Waals surface area contributed by atoms with Gasteiger partial charge in [-0.25, -0.2) is 0 Å². The quantitative estimate of drug-likeness (QED) is 0.792. The molecule has 0 saturated heterocycles. The monoisotopic (exact) mass is 273 g/mol. The molecule has 3 N–H and O–H groups in total. The summed E-state index contributed by atoms with van der Waals surface area (Å²) in [6, 6.07) is 11.0. The van der Waals surface area contributed by atoms with Crippen LogP contribution in [0.3, 0.4) is 0 Å². The summed E-state index contributed by atoms with van der Waals surface area (Å²) in [4.78, 5) is 13.9. The molecule has 2 aromatic rings. The molecule has 1 heterocycles. The van der Waals surface area contributed by atoms with Gasteiger partial charge in [-0.2, -0.15) is 0 Å². The summed E-state index contributed by atoms with van der Waals surface area (Å²) in [5.74, 6) is 0.842. The summed E-state index contributed by atoms with van der Waals surface area (Å²) in [7, 11) is 1.95. The zero-order valence-electron chi connectivity index (χ0n) is 11.5. The lowest BCUT2D eigenvalue weighted by atomic mass is 10.2. The molecule has 1 amide bonds. The fraction of sp³-hybridized carbons (Fsp3) is 0.267. The Hall–Kier alpha value is -2.27. The van der Waals surface area contributed by atoms with Crippen molar-refractivity contribution in [2.24, 2.45) is 0 Å². The summed E-state index contributed by atoms with van der Waals surface area (Å²) in [6.45, 7) is 1.34. The first kappa shape index (κ1) is 14.1. The van der Waals surface area contributed by atoms with E-state index in [2.05, 4.69) is 5.32 Å². The van der Waals surface area contributed by atoms with E-state index in [0.717, 1.165) is 5.76 Å². The zero-order chi connectivity index (χ0) is 14.4. The standard InChI is InChI=1S/C15H19N3O2/c1-18(11-12-5-4-10-20-12)9-8-15(19)17-14-7-3-2-6-13(14)16/h2-7,10H,8-9,11,16H2,1H3,(H,17,19). The van der Waals surface area contributed by atoms with E-state index in [4.69, 9.17) is 10.2 Å². The highest BCUT2D eigenvalue weighted by atomic mass is 16.3. The second-order valence-corrected chi connectivity index (χ2v) is 4.70. The van der Waals surface area contributed by atoms with Gasteiger partial charge in [-0.3, -0.25) is 9.69 Å². The van der Waals surface area contributed by atoms with Crippen molar-refractivity contribution in [3.63, 3.8) is 0 Å². The van der Waals surface area contributed by atoms with Crippen LogP contribution in [0.1, 0.15) is 12.2 Å². The Labute approximate surface area is 118 Å². The molecule has 0 atom stereocenters. The summed E-state index contributed by atoms with van der Waals surface area (Å²) >= 11 is 0. The molecule has 1 aromatic heterocycles. The van der Waals surface area contributed by atoms with Crippen LogP contribution in [-0.2, 0) is 11.3 Å². The van der Waals surface area contributed by atoms with Gasteiger partial charge in [0.25, 0.3) is 0 Å². The Bertz CT molecular complexity index is 552. The number of benzene rings is 1. The topological polar surface area (TPSA) is 71.5 Å². The minimum absolute atomic E-state index is 0.0470. The number of nitrogens with one attached hydrogen (secondary N) is 1. The minimum Gasteiger partial charge on any atom is -0.468 e. The fourth-order valence-electron chi connectivity index (χ4n) is 1.86. The first-order chi connectivity index (χ1) is 9.65. The summed E-state index contributed by atoms with van der Waals surface area (Å²) < 4.78 is 5.26. The molecule has 106 valence electrons. The van der Waals surface area contributed by atoms with Crippen molar-refractivity contribution >= 4 is 17.3 Å². The van der Waals surface area contributed by atoms with Crippen molar-refractivity contribution in [1.29, 1.82) is 0 Å². The number of carbonyl (C=O) groups is 1. The Morgan fingerprint density at radius 2 is 2.10 bits per heavy atom. The van der Waals surface area contributed by atoms with E-state index in [1.165, 1.54) is 0 Å². The van der Waals surface area contributed by atoms with Crippen LogP contribution in [0.2, 0.25) is 0 Å². The van der Waals surface area contributed by atoms with Crippen molar-refractivity contribution in [3.8, 4) is 0 Å². The van der Waals surface area contributed by atoms with Crippen LogP contribution in [0, 0.1) is 0 Å². The second kappa shape index (κ2) is 6.77. The van der Waals surface area contributed by atoms with Crippen LogP contribution in [0.4, 0.5) is 11.4 Å². The van der Waals surface area contributed by atoms with Gasteiger partial charge in [0, 0.05) is 13.0 Å². The zero-order valence-corrected chi connectivity index (χ0v) is 11.5. The van der Waals surface area contributed by atoms with Crippen LogP contribution in [0.25, 0.3) is 0 Å². The van der Waals surface area contributed by atoms with Gasteiger partial charge in [0.1, 0.15) is 5.76 Å². The van der Waals surface area contributed by atoms with Crippen molar-refractivity contribution < 1.29 is 9.21 Å². The average molecular weight is 273 g/mol. The number of furan rings is 1. The molecule has 0 saturated carbocycles. The van der Waals surface area contributed by atoms with Crippen LogP contribution >= 0.6 is 0 Å². The number of rotatable bonds is 6. The van der Waals surface area contributed by atoms with Crippen molar-refractivity contribution in [3.05, 3.63) is 48.4 Å². The minimum atomic E-state index is -0.0470. The maximum absolute atomic E-state index is 11.9. The third-order valence-corrected chi connectivity index (χ3v) is 2.96. The first-order valence-electron chi connectivity index (χ1n) is 6.50. The lowest BCUT2D eigenvalue weighted by molar-refractivity contribution is -0.116. The third-order valence-electron chi connectivity index (χ3n) is 2.96. The molecule has 1 aromatic carbocycles. The normalized spacial score (nSPS) is 10.7. The van der Waals surface area contributed by atoms with Gasteiger partial charge in [0.05, 0.1) is 24.2 Å². The predicted molar refractivity (Wildman–Crippen MR) is 79.1 cm³/mol. The number of nitrogens with zero attached hydrogens (tertiary/aromatic N) is 1. The summed E-state index contributed by atoms with van der Waals surface area (Å²) in [5, 5.41) is 2.81. The van der Waals surface area contributed by atoms with Crippen LogP contribution < -0.4 is 11.1 Å². The number of anilines is 2. The van der Waals surface area contributed by atoms with Gasteiger partial charge in [-0.05, 0) is 31.3 Å². The Morgan fingerprint density at radius 3 is 2.80 bits per heavy atom. The maximum Gasteiger partial charge on any atom is 0.225 e. The number of carbonyl (C=O) groups excluding carboxylic acids is 1. The largest absolute Gasteiger partial charge is 0.468 e. The van der Waals surface area contributed by atoms with E-state index in [-0.39, 0.29) is 5.91 Å².